The average molecular weight is 621 g/mol. The van der Waals surface area contributed by atoms with Crippen LogP contribution in [-0.2, 0) is 37.9 Å². The minimum Gasteiger partial charge on any atom is -0.326 e. The lowest BCUT2D eigenvalue weighted by atomic mass is 9.84. The summed E-state index contributed by atoms with van der Waals surface area (Å²) in [7, 11) is -8.09. The van der Waals surface area contributed by atoms with Crippen LogP contribution in [0.3, 0.4) is 0 Å². The fourth-order valence-electron chi connectivity index (χ4n) is 4.96. The van der Waals surface area contributed by atoms with Crippen molar-refractivity contribution >= 4 is 37.2 Å². The van der Waals surface area contributed by atoms with Crippen molar-refractivity contribution in [3.63, 3.8) is 0 Å². The van der Waals surface area contributed by atoms with Gasteiger partial charge in [0.15, 0.2) is 0 Å². The van der Waals surface area contributed by atoms with Crippen molar-refractivity contribution in [3.05, 3.63) is 118 Å². The van der Waals surface area contributed by atoms with Crippen LogP contribution in [-0.4, -0.2) is 22.6 Å². The Kier molecular flexibility index (Phi) is 9.41. The second kappa shape index (κ2) is 12.7. The smallest absolute Gasteiger partial charge is 0.261 e. The van der Waals surface area contributed by atoms with Gasteiger partial charge in [0.1, 0.15) is 5.78 Å². The number of Topliss-reactive ketones (excluding diaryl/α,β-unsaturated/α-hetero) is 1. The normalized spacial score (nSPS) is 12.5. The SMILES string of the molecule is CC(=O)C(c1cc(CN)ccc1NS(=O)(=O)c1ccc(C)cc1)c1cc(C)cc(C)c1NS(=O)(=O)c1ccc(CN)cc1. The van der Waals surface area contributed by atoms with Gasteiger partial charge in [-0.2, -0.15) is 0 Å². The van der Waals surface area contributed by atoms with Gasteiger partial charge >= 0.3 is 0 Å². The molecule has 0 spiro atoms. The van der Waals surface area contributed by atoms with Crippen LogP contribution in [0.2, 0.25) is 0 Å². The zero-order valence-electron chi connectivity index (χ0n) is 24.5. The Morgan fingerprint density at radius 1 is 0.674 bits per heavy atom. The summed E-state index contributed by atoms with van der Waals surface area (Å²) < 4.78 is 59.2. The summed E-state index contributed by atoms with van der Waals surface area (Å²) in [5, 5.41) is 0. The van der Waals surface area contributed by atoms with Crippen LogP contribution >= 0.6 is 0 Å². The number of carbonyl (C=O) groups is 1. The van der Waals surface area contributed by atoms with E-state index < -0.39 is 26.0 Å². The van der Waals surface area contributed by atoms with Crippen LogP contribution in [0.1, 0.15) is 51.8 Å². The predicted molar refractivity (Wildman–Crippen MR) is 170 cm³/mol. The molecule has 226 valence electrons. The van der Waals surface area contributed by atoms with Crippen LogP contribution in [0, 0.1) is 20.8 Å². The largest absolute Gasteiger partial charge is 0.326 e. The van der Waals surface area contributed by atoms with Gasteiger partial charge in [-0.25, -0.2) is 16.8 Å². The van der Waals surface area contributed by atoms with E-state index in [-0.39, 0.29) is 40.0 Å². The molecule has 43 heavy (non-hydrogen) atoms. The van der Waals surface area contributed by atoms with Crippen LogP contribution in [0.4, 0.5) is 11.4 Å². The fraction of sp³-hybridized carbons (Fsp3) is 0.219. The lowest BCUT2D eigenvalue weighted by Crippen LogP contribution is -2.21. The highest BCUT2D eigenvalue weighted by atomic mass is 32.2. The average Bonchev–Trinajstić information content (AvgIpc) is 2.95. The van der Waals surface area contributed by atoms with E-state index in [2.05, 4.69) is 9.44 Å². The molecule has 0 saturated heterocycles. The number of hydrogen-bond donors (Lipinski definition) is 4. The molecule has 0 aliphatic heterocycles. The molecule has 0 bridgehead atoms. The number of hydrogen-bond acceptors (Lipinski definition) is 7. The van der Waals surface area contributed by atoms with Crippen molar-refractivity contribution in [1.29, 1.82) is 0 Å². The van der Waals surface area contributed by atoms with Gasteiger partial charge in [0, 0.05) is 13.1 Å². The molecule has 1 atom stereocenters. The Hall–Kier alpha value is -4.03. The van der Waals surface area contributed by atoms with Crippen molar-refractivity contribution < 1.29 is 21.6 Å². The molecular weight excluding hydrogens is 585 g/mol. The number of nitrogens with two attached hydrogens (primary N) is 2. The Morgan fingerprint density at radius 2 is 1.21 bits per heavy atom. The molecule has 0 aliphatic rings. The number of ketones is 1. The van der Waals surface area contributed by atoms with E-state index in [1.807, 2.05) is 19.9 Å². The standard InChI is InChI=1S/C32H36N4O5S2/c1-20-5-10-26(11-6-20)42(38,39)35-30-14-9-25(19-34)17-28(30)31(23(4)37)29-16-21(2)15-22(3)32(29)36-43(40,41)27-12-7-24(18-33)8-13-27/h5-17,31,35-36H,18-19,33-34H2,1-4H3. The van der Waals surface area contributed by atoms with Gasteiger partial charge in [-0.05, 0) is 85.8 Å². The lowest BCUT2D eigenvalue weighted by Gasteiger charge is -2.25. The van der Waals surface area contributed by atoms with Crippen LogP contribution < -0.4 is 20.9 Å². The highest BCUT2D eigenvalue weighted by molar-refractivity contribution is 7.93. The Labute approximate surface area is 253 Å². The van der Waals surface area contributed by atoms with E-state index in [0.29, 0.717) is 22.3 Å². The maximum atomic E-state index is 13.5. The highest BCUT2D eigenvalue weighted by Gasteiger charge is 2.29. The third-order valence-corrected chi connectivity index (χ3v) is 9.92. The lowest BCUT2D eigenvalue weighted by molar-refractivity contribution is -0.117. The highest BCUT2D eigenvalue weighted by Crippen LogP contribution is 2.39. The number of benzene rings is 4. The number of rotatable bonds is 11. The molecule has 11 heteroatoms. The minimum atomic E-state index is -4.06. The predicted octanol–water partition coefficient (Wildman–Crippen LogP) is 4.85. The summed E-state index contributed by atoms with van der Waals surface area (Å²) in [6.07, 6.45) is 0. The molecule has 1 unspecified atom stereocenters. The molecule has 0 radical (unpaired) electrons. The van der Waals surface area contributed by atoms with Gasteiger partial charge in [0.25, 0.3) is 20.0 Å². The summed E-state index contributed by atoms with van der Waals surface area (Å²) in [4.78, 5) is 13.5. The monoisotopic (exact) mass is 620 g/mol. The first-order valence-electron chi connectivity index (χ1n) is 13.6. The minimum absolute atomic E-state index is 0.0340. The van der Waals surface area contributed by atoms with Gasteiger partial charge in [0.2, 0.25) is 0 Å². The number of sulfonamides is 2. The van der Waals surface area contributed by atoms with Gasteiger partial charge < -0.3 is 11.5 Å². The van der Waals surface area contributed by atoms with Crippen molar-refractivity contribution in [2.24, 2.45) is 11.5 Å². The summed E-state index contributed by atoms with van der Waals surface area (Å²) in [6, 6.07) is 21.1. The number of carbonyl (C=O) groups excluding carboxylic acids is 1. The second-order valence-corrected chi connectivity index (χ2v) is 14.0. The molecule has 0 heterocycles. The van der Waals surface area contributed by atoms with Crippen LogP contribution in [0.5, 0.6) is 0 Å². The Bertz CT molecular complexity index is 1870. The number of nitrogens with one attached hydrogen (secondary N) is 2. The van der Waals surface area contributed by atoms with Crippen molar-refractivity contribution in [2.75, 3.05) is 9.44 Å². The molecular formula is C32H36N4O5S2. The molecule has 0 saturated carbocycles. The third kappa shape index (κ3) is 7.14. The molecule has 0 aromatic heterocycles. The first-order valence-corrected chi connectivity index (χ1v) is 16.6. The second-order valence-electron chi connectivity index (χ2n) is 10.6. The Morgan fingerprint density at radius 3 is 1.77 bits per heavy atom. The molecule has 0 amide bonds. The van der Waals surface area contributed by atoms with Crippen molar-refractivity contribution in [1.82, 2.24) is 0 Å². The molecule has 6 N–H and O–H groups in total. The zero-order valence-corrected chi connectivity index (χ0v) is 26.1. The topological polar surface area (TPSA) is 161 Å². The summed E-state index contributed by atoms with van der Waals surface area (Å²) in [5.74, 6) is -1.35. The molecule has 4 aromatic rings. The maximum absolute atomic E-state index is 13.5. The number of aryl methyl sites for hydroxylation is 3. The molecule has 9 nitrogen and oxygen atoms in total. The number of anilines is 2. The molecule has 0 fully saturated rings. The molecule has 0 aliphatic carbocycles. The molecule has 4 rings (SSSR count). The van der Waals surface area contributed by atoms with E-state index in [4.69, 9.17) is 11.5 Å². The zero-order chi connectivity index (χ0) is 31.5. The van der Waals surface area contributed by atoms with E-state index in [1.54, 1.807) is 55.5 Å². The fourth-order valence-corrected chi connectivity index (χ4v) is 7.21. The van der Waals surface area contributed by atoms with Gasteiger partial charge in [-0.1, -0.05) is 59.7 Å². The third-order valence-electron chi connectivity index (χ3n) is 7.17. The summed E-state index contributed by atoms with van der Waals surface area (Å²) in [5.41, 5.74) is 16.5. The molecule has 4 aromatic carbocycles. The van der Waals surface area contributed by atoms with E-state index in [1.165, 1.54) is 31.2 Å². The summed E-state index contributed by atoms with van der Waals surface area (Å²) >= 11 is 0. The maximum Gasteiger partial charge on any atom is 0.261 e. The first-order chi connectivity index (χ1) is 20.3. The van der Waals surface area contributed by atoms with E-state index >= 15 is 0 Å². The first kappa shape index (κ1) is 31.9. The summed E-state index contributed by atoms with van der Waals surface area (Å²) in [6.45, 7) is 7.26. The Balaban J connectivity index is 1.88. The van der Waals surface area contributed by atoms with Gasteiger partial charge in [-0.15, -0.1) is 0 Å². The quantitative estimate of drug-likeness (QED) is 0.186. The van der Waals surface area contributed by atoms with Crippen LogP contribution in [0.15, 0.2) is 88.7 Å². The van der Waals surface area contributed by atoms with Crippen molar-refractivity contribution in [2.45, 2.75) is 56.5 Å². The van der Waals surface area contributed by atoms with E-state index in [0.717, 1.165) is 16.7 Å². The van der Waals surface area contributed by atoms with Gasteiger partial charge in [0.05, 0.1) is 27.1 Å². The van der Waals surface area contributed by atoms with E-state index in [9.17, 15) is 21.6 Å². The van der Waals surface area contributed by atoms with Crippen molar-refractivity contribution in [3.8, 4) is 0 Å². The van der Waals surface area contributed by atoms with Crippen LogP contribution in [0.25, 0.3) is 0 Å². The van der Waals surface area contributed by atoms with Gasteiger partial charge in [-0.3, -0.25) is 14.2 Å².